The maximum atomic E-state index is 12.7. The van der Waals surface area contributed by atoms with E-state index < -0.39 is 0 Å². The average molecular weight is 426 g/mol. The summed E-state index contributed by atoms with van der Waals surface area (Å²) in [5.41, 5.74) is 4.10. The number of hydrogen-bond donors (Lipinski definition) is 0. The van der Waals surface area contributed by atoms with Gasteiger partial charge in [-0.3, -0.25) is 4.79 Å². The quantitative estimate of drug-likeness (QED) is 0.562. The molecular weight excluding hydrogens is 409 g/mol. The lowest BCUT2D eigenvalue weighted by Crippen LogP contribution is -2.48. The number of carbonyl (C=O) groups excluding carboxylic acids is 1. The van der Waals surface area contributed by atoms with Gasteiger partial charge in [0, 0.05) is 26.2 Å². The summed E-state index contributed by atoms with van der Waals surface area (Å²) in [4.78, 5) is 21.5. The van der Waals surface area contributed by atoms with Crippen LogP contribution in [-0.2, 0) is 0 Å². The van der Waals surface area contributed by atoms with Crippen LogP contribution in [0.15, 0.2) is 18.2 Å². The minimum atomic E-state index is -0.0478. The molecule has 1 aromatic carbocycles. The fraction of sp³-hybridized carbons (Fsp3) is 0.333. The smallest absolute Gasteiger partial charge is 0.256 e. The zero-order valence-corrected chi connectivity index (χ0v) is 17.5. The van der Waals surface area contributed by atoms with E-state index in [1.54, 1.807) is 17.4 Å². The summed E-state index contributed by atoms with van der Waals surface area (Å²) in [6, 6.07) is 6.00. The highest BCUT2D eigenvalue weighted by atomic mass is 35.5. The van der Waals surface area contributed by atoms with Crippen LogP contribution in [0.25, 0.3) is 10.2 Å². The zero-order valence-electron chi connectivity index (χ0n) is 14.4. The van der Waals surface area contributed by atoms with E-state index in [-0.39, 0.29) is 5.91 Å². The highest BCUT2D eigenvalue weighted by Crippen LogP contribution is 2.33. The number of aryl methyl sites for hydroxylation is 2. The Morgan fingerprint density at radius 3 is 2.38 bits per heavy atom. The van der Waals surface area contributed by atoms with Gasteiger partial charge in [-0.1, -0.05) is 34.5 Å². The number of rotatable bonds is 2. The molecule has 4 nitrogen and oxygen atoms in total. The van der Waals surface area contributed by atoms with Gasteiger partial charge in [0.1, 0.15) is 4.34 Å². The molecule has 8 heteroatoms. The number of aromatic nitrogens is 1. The van der Waals surface area contributed by atoms with E-state index in [1.165, 1.54) is 27.2 Å². The molecule has 3 aromatic rings. The first-order chi connectivity index (χ1) is 12.4. The van der Waals surface area contributed by atoms with Crippen LogP contribution in [0.1, 0.15) is 21.5 Å². The lowest BCUT2D eigenvalue weighted by Gasteiger charge is -2.34. The molecular formula is C18H17Cl2N3OS2. The van der Waals surface area contributed by atoms with Crippen LogP contribution >= 0.6 is 45.9 Å². The first-order valence-electron chi connectivity index (χ1n) is 8.29. The molecule has 1 saturated heterocycles. The van der Waals surface area contributed by atoms with Crippen molar-refractivity contribution >= 4 is 67.1 Å². The van der Waals surface area contributed by atoms with Crippen molar-refractivity contribution in [3.63, 3.8) is 0 Å². The highest BCUT2D eigenvalue weighted by Gasteiger charge is 2.26. The summed E-state index contributed by atoms with van der Waals surface area (Å²) in [5.74, 6) is -0.0478. The number of halogens is 2. The number of hydrogen-bond acceptors (Lipinski definition) is 5. The van der Waals surface area contributed by atoms with Crippen LogP contribution in [0.3, 0.4) is 0 Å². The van der Waals surface area contributed by atoms with E-state index in [0.717, 1.165) is 23.7 Å². The van der Waals surface area contributed by atoms with Crippen LogP contribution in [0.5, 0.6) is 0 Å². The molecule has 0 radical (unpaired) electrons. The Balaban J connectivity index is 1.48. The number of piperazine rings is 1. The molecule has 0 saturated carbocycles. The Morgan fingerprint density at radius 2 is 1.73 bits per heavy atom. The van der Waals surface area contributed by atoms with Gasteiger partial charge in [0.25, 0.3) is 5.91 Å². The Morgan fingerprint density at radius 1 is 1.04 bits per heavy atom. The van der Waals surface area contributed by atoms with Gasteiger partial charge in [-0.15, -0.1) is 11.3 Å². The first kappa shape index (κ1) is 18.0. The van der Waals surface area contributed by atoms with Gasteiger partial charge < -0.3 is 9.80 Å². The van der Waals surface area contributed by atoms with E-state index in [9.17, 15) is 4.79 Å². The van der Waals surface area contributed by atoms with Crippen molar-refractivity contribution < 1.29 is 4.79 Å². The topological polar surface area (TPSA) is 36.4 Å². The number of nitrogens with zero attached hydrogens (tertiary/aromatic N) is 3. The lowest BCUT2D eigenvalue weighted by molar-refractivity contribution is 0.0747. The molecule has 1 aliphatic heterocycles. The maximum Gasteiger partial charge on any atom is 0.256 e. The molecule has 1 amide bonds. The number of anilines is 1. The molecule has 1 aliphatic rings. The molecule has 136 valence electrons. The van der Waals surface area contributed by atoms with Gasteiger partial charge in [0.05, 0.1) is 20.1 Å². The molecule has 0 unspecified atom stereocenters. The largest absolute Gasteiger partial charge is 0.345 e. The Hall–Kier alpha value is -1.34. The van der Waals surface area contributed by atoms with Crippen molar-refractivity contribution in [1.29, 1.82) is 0 Å². The fourth-order valence-corrected chi connectivity index (χ4v) is 5.61. The Labute approximate surface area is 170 Å². The van der Waals surface area contributed by atoms with E-state index >= 15 is 0 Å². The summed E-state index contributed by atoms with van der Waals surface area (Å²) < 4.78 is 2.21. The van der Waals surface area contributed by atoms with E-state index in [0.29, 0.717) is 27.3 Å². The third-order valence-corrected chi connectivity index (χ3v) is 7.28. The van der Waals surface area contributed by atoms with Crippen molar-refractivity contribution in [1.82, 2.24) is 9.88 Å². The summed E-state index contributed by atoms with van der Waals surface area (Å²) in [5, 5.41) is 1.02. The van der Waals surface area contributed by atoms with Crippen LogP contribution in [0, 0.1) is 13.8 Å². The molecule has 1 fully saturated rings. The molecule has 0 bridgehead atoms. The van der Waals surface area contributed by atoms with Crippen LogP contribution < -0.4 is 4.90 Å². The minimum absolute atomic E-state index is 0.0478. The van der Waals surface area contributed by atoms with Gasteiger partial charge in [-0.05, 0) is 43.2 Å². The minimum Gasteiger partial charge on any atom is -0.345 e. The van der Waals surface area contributed by atoms with Gasteiger partial charge >= 0.3 is 0 Å². The third kappa shape index (κ3) is 3.31. The number of thiophene rings is 1. The first-order valence-corrected chi connectivity index (χ1v) is 10.7. The monoisotopic (exact) mass is 425 g/mol. The summed E-state index contributed by atoms with van der Waals surface area (Å²) >= 11 is 15.0. The van der Waals surface area contributed by atoms with Gasteiger partial charge in [-0.2, -0.15) is 0 Å². The van der Waals surface area contributed by atoms with Crippen molar-refractivity contribution in [2.24, 2.45) is 0 Å². The lowest BCUT2D eigenvalue weighted by atomic mass is 10.1. The number of benzene rings is 1. The van der Waals surface area contributed by atoms with Crippen molar-refractivity contribution in [2.45, 2.75) is 13.8 Å². The third-order valence-electron chi connectivity index (χ3n) is 4.72. The normalized spacial score (nSPS) is 15.1. The molecule has 0 spiro atoms. The van der Waals surface area contributed by atoms with Crippen molar-refractivity contribution in [3.05, 3.63) is 43.6 Å². The van der Waals surface area contributed by atoms with Gasteiger partial charge in [0.15, 0.2) is 5.13 Å². The maximum absolute atomic E-state index is 12.7. The predicted molar refractivity (Wildman–Crippen MR) is 112 cm³/mol. The number of amides is 1. The molecule has 2 aromatic heterocycles. The average Bonchev–Trinajstić information content (AvgIpc) is 3.17. The second-order valence-corrected chi connectivity index (χ2v) is 9.71. The van der Waals surface area contributed by atoms with E-state index in [4.69, 9.17) is 28.2 Å². The van der Waals surface area contributed by atoms with E-state index in [1.807, 2.05) is 4.90 Å². The van der Waals surface area contributed by atoms with E-state index in [2.05, 4.69) is 30.9 Å². The van der Waals surface area contributed by atoms with Crippen LogP contribution in [0.4, 0.5) is 5.13 Å². The standard InChI is InChI=1S/C18H17Cl2N3OS2/c1-10-7-13-14(8-11(10)2)25-18(21-13)23-5-3-22(4-6-23)17(24)12-9-15(19)26-16(12)20/h7-9H,3-6H2,1-2H3. The van der Waals surface area contributed by atoms with Crippen LogP contribution in [-0.4, -0.2) is 42.0 Å². The second-order valence-electron chi connectivity index (χ2n) is 6.42. The number of thiazole rings is 1. The van der Waals surface area contributed by atoms with Crippen LogP contribution in [0.2, 0.25) is 8.67 Å². The fourth-order valence-electron chi connectivity index (χ4n) is 3.06. The molecule has 0 aliphatic carbocycles. The molecule has 0 N–H and O–H groups in total. The molecule has 3 heterocycles. The van der Waals surface area contributed by atoms with Crippen molar-refractivity contribution in [3.8, 4) is 0 Å². The molecule has 26 heavy (non-hydrogen) atoms. The van der Waals surface area contributed by atoms with Gasteiger partial charge in [-0.25, -0.2) is 4.98 Å². The summed E-state index contributed by atoms with van der Waals surface area (Å²) in [6.45, 7) is 7.06. The Bertz CT molecular complexity index is 951. The van der Waals surface area contributed by atoms with Crippen molar-refractivity contribution in [2.75, 3.05) is 31.1 Å². The summed E-state index contributed by atoms with van der Waals surface area (Å²) in [6.07, 6.45) is 0. The molecule has 0 atom stereocenters. The highest BCUT2D eigenvalue weighted by molar-refractivity contribution is 7.22. The van der Waals surface area contributed by atoms with Gasteiger partial charge in [0.2, 0.25) is 0 Å². The number of fused-ring (bicyclic) bond motifs is 1. The molecule has 4 rings (SSSR count). The zero-order chi connectivity index (χ0) is 18.4. The predicted octanol–water partition coefficient (Wildman–Crippen LogP) is 5.24. The number of carbonyl (C=O) groups is 1. The SMILES string of the molecule is Cc1cc2nc(N3CCN(C(=O)c4cc(Cl)sc4Cl)CC3)sc2cc1C. The Kier molecular flexibility index (Phi) is 4.86. The summed E-state index contributed by atoms with van der Waals surface area (Å²) in [7, 11) is 0. The second kappa shape index (κ2) is 7.00.